The van der Waals surface area contributed by atoms with E-state index in [1.54, 1.807) is 88.3 Å². The first-order valence-electron chi connectivity index (χ1n) is 20.9. The zero-order chi connectivity index (χ0) is 45.4. The van der Waals surface area contributed by atoms with Crippen molar-refractivity contribution >= 4 is 52.1 Å². The van der Waals surface area contributed by atoms with Gasteiger partial charge in [-0.1, -0.05) is 30.3 Å². The second kappa shape index (κ2) is 19.6. The lowest BCUT2D eigenvalue weighted by molar-refractivity contribution is -0.116. The molecule has 1 aromatic heterocycles. The SMILES string of the molecule is COC(=O)c1ccc(C(=O)N(Cc2nc3cc(C(=N)N)ccc3n2CC(=O)Nc2ccc(OCc3ccccc3)cc2)c2ccc(OC3CCN(C(=O)OC(C)(C)C)CC3)cc2)cc1. The van der Waals surface area contributed by atoms with Crippen LogP contribution in [0.25, 0.3) is 11.0 Å². The summed E-state index contributed by atoms with van der Waals surface area (Å²) >= 11 is 0. The number of esters is 1. The van der Waals surface area contributed by atoms with Crippen molar-refractivity contribution in [3.63, 3.8) is 0 Å². The predicted octanol–water partition coefficient (Wildman–Crippen LogP) is 7.95. The largest absolute Gasteiger partial charge is 0.490 e. The summed E-state index contributed by atoms with van der Waals surface area (Å²) in [6.07, 6.45) is 0.768. The number of likely N-dealkylation sites (tertiary alicyclic amines) is 1. The fraction of sp³-hybridized carbons (Fsp3) is 0.265. The molecule has 1 aliphatic rings. The molecule has 0 aliphatic carbocycles. The van der Waals surface area contributed by atoms with Gasteiger partial charge >= 0.3 is 12.1 Å². The van der Waals surface area contributed by atoms with Gasteiger partial charge in [0.2, 0.25) is 5.91 Å². The molecule has 64 heavy (non-hydrogen) atoms. The highest BCUT2D eigenvalue weighted by atomic mass is 16.6. The van der Waals surface area contributed by atoms with E-state index in [0.29, 0.717) is 83.4 Å². The average Bonchev–Trinajstić information content (AvgIpc) is 3.63. The number of ether oxygens (including phenoxy) is 4. The van der Waals surface area contributed by atoms with Gasteiger partial charge in [-0.25, -0.2) is 14.6 Å². The third-order valence-corrected chi connectivity index (χ3v) is 10.5. The Labute approximate surface area is 371 Å². The maximum Gasteiger partial charge on any atom is 0.410 e. The normalized spacial score (nSPS) is 12.9. The van der Waals surface area contributed by atoms with Crippen LogP contribution in [0, 0.1) is 5.41 Å². The molecule has 15 nitrogen and oxygen atoms in total. The van der Waals surface area contributed by atoms with Crippen molar-refractivity contribution in [3.8, 4) is 11.5 Å². The van der Waals surface area contributed by atoms with Crippen molar-refractivity contribution in [1.82, 2.24) is 14.5 Å². The second-order valence-electron chi connectivity index (χ2n) is 16.3. The molecule has 1 aliphatic heterocycles. The zero-order valence-electron chi connectivity index (χ0n) is 36.2. The van der Waals surface area contributed by atoms with Gasteiger partial charge in [0.15, 0.2) is 0 Å². The van der Waals surface area contributed by atoms with Crippen LogP contribution in [0.1, 0.15) is 71.3 Å². The standard InChI is InChI=1S/C49H51N7O8/c1-49(2,3)64-48(60)54-26-24-40(25-27-54)63-39-21-17-37(18-22-39)55(46(58)33-10-12-34(13-11-33)47(59)61-4)29-43-53-41-28-35(45(50)51)14-23-42(41)56(43)30-44(57)52-36-15-19-38(20-16-36)62-31-32-8-6-5-7-9-32/h5-23,28,40H,24-27,29-31H2,1-4H3,(H3,50,51)(H,52,57). The number of nitrogens with two attached hydrogens (primary N) is 1. The Balaban J connectivity index is 1.13. The van der Waals surface area contributed by atoms with Crippen LogP contribution >= 0.6 is 0 Å². The lowest BCUT2D eigenvalue weighted by Crippen LogP contribution is -2.44. The number of fused-ring (bicyclic) bond motifs is 1. The number of aromatic nitrogens is 2. The first-order valence-corrected chi connectivity index (χ1v) is 20.9. The molecule has 2 heterocycles. The quantitative estimate of drug-likeness (QED) is 0.0550. The van der Waals surface area contributed by atoms with Gasteiger partial charge in [0.1, 0.15) is 48.0 Å². The summed E-state index contributed by atoms with van der Waals surface area (Å²) < 4.78 is 24.4. The maximum absolute atomic E-state index is 14.5. The van der Waals surface area contributed by atoms with Crippen LogP contribution in [0.15, 0.2) is 121 Å². The van der Waals surface area contributed by atoms with Gasteiger partial charge < -0.3 is 44.4 Å². The monoisotopic (exact) mass is 865 g/mol. The second-order valence-corrected chi connectivity index (χ2v) is 16.3. The highest BCUT2D eigenvalue weighted by Gasteiger charge is 2.28. The van der Waals surface area contributed by atoms with Crippen molar-refractivity contribution in [3.05, 3.63) is 149 Å². The smallest absolute Gasteiger partial charge is 0.410 e. The molecular formula is C49H51N7O8. The molecule has 6 aromatic rings. The molecule has 330 valence electrons. The molecule has 7 rings (SSSR count). The number of hydrogen-bond donors (Lipinski definition) is 3. The summed E-state index contributed by atoms with van der Waals surface area (Å²) in [6.45, 7) is 6.68. The number of piperidine rings is 1. The van der Waals surface area contributed by atoms with E-state index in [2.05, 4.69) is 5.32 Å². The number of nitrogens with one attached hydrogen (secondary N) is 2. The van der Waals surface area contributed by atoms with Crippen LogP contribution in [-0.2, 0) is 34.0 Å². The van der Waals surface area contributed by atoms with Gasteiger partial charge in [0, 0.05) is 48.4 Å². The number of rotatable bonds is 14. The highest BCUT2D eigenvalue weighted by molar-refractivity contribution is 6.06. The summed E-state index contributed by atoms with van der Waals surface area (Å²) in [4.78, 5) is 61.2. The van der Waals surface area contributed by atoms with Gasteiger partial charge in [-0.2, -0.15) is 0 Å². The molecule has 1 saturated heterocycles. The average molecular weight is 866 g/mol. The Hall–Kier alpha value is -7.68. The molecule has 0 saturated carbocycles. The molecule has 4 N–H and O–H groups in total. The first-order chi connectivity index (χ1) is 30.7. The van der Waals surface area contributed by atoms with Crippen molar-refractivity contribution in [1.29, 1.82) is 5.41 Å². The summed E-state index contributed by atoms with van der Waals surface area (Å²) in [7, 11) is 1.29. The molecule has 5 aromatic carbocycles. The number of carbonyl (C=O) groups is 4. The third-order valence-electron chi connectivity index (χ3n) is 10.5. The molecule has 1 fully saturated rings. The van der Waals surface area contributed by atoms with Crippen LogP contribution < -0.4 is 25.4 Å². The Morgan fingerprint density at radius 1 is 0.828 bits per heavy atom. The van der Waals surface area contributed by atoms with E-state index < -0.39 is 17.5 Å². The minimum atomic E-state index is -0.582. The number of nitrogen functional groups attached to an aromatic ring is 1. The Kier molecular flexibility index (Phi) is 13.6. The van der Waals surface area contributed by atoms with Crippen LogP contribution in [0.5, 0.6) is 11.5 Å². The van der Waals surface area contributed by atoms with Crippen molar-refractivity contribution in [2.75, 3.05) is 30.4 Å². The van der Waals surface area contributed by atoms with E-state index in [-0.39, 0.29) is 42.6 Å². The molecule has 0 atom stereocenters. The Bertz CT molecular complexity index is 2620. The molecule has 0 radical (unpaired) electrons. The van der Waals surface area contributed by atoms with E-state index in [4.69, 9.17) is 35.1 Å². The Morgan fingerprint density at radius 3 is 2.11 bits per heavy atom. The molecule has 0 spiro atoms. The van der Waals surface area contributed by atoms with Crippen LogP contribution in [0.4, 0.5) is 16.2 Å². The number of carbonyl (C=O) groups excluding carboxylic acids is 4. The van der Waals surface area contributed by atoms with Gasteiger partial charge in [-0.15, -0.1) is 0 Å². The summed E-state index contributed by atoms with van der Waals surface area (Å²) in [5.74, 6) is 0.195. The molecule has 0 unspecified atom stereocenters. The fourth-order valence-electron chi connectivity index (χ4n) is 7.19. The number of amides is 3. The Morgan fingerprint density at radius 2 is 1.47 bits per heavy atom. The third kappa shape index (κ3) is 11.2. The minimum Gasteiger partial charge on any atom is -0.490 e. The van der Waals surface area contributed by atoms with E-state index in [0.717, 1.165) is 5.56 Å². The summed E-state index contributed by atoms with van der Waals surface area (Å²) in [6, 6.07) is 35.3. The number of imidazole rings is 1. The van der Waals surface area contributed by atoms with Crippen molar-refractivity contribution < 1.29 is 38.1 Å². The first kappa shape index (κ1) is 44.4. The van der Waals surface area contributed by atoms with Crippen LogP contribution in [0.3, 0.4) is 0 Å². The van der Waals surface area contributed by atoms with E-state index in [9.17, 15) is 19.2 Å². The number of amidine groups is 1. The van der Waals surface area contributed by atoms with E-state index in [1.165, 1.54) is 24.1 Å². The fourth-order valence-corrected chi connectivity index (χ4v) is 7.19. The number of nitrogens with zero attached hydrogens (tertiary/aromatic N) is 4. The lowest BCUT2D eigenvalue weighted by atomic mass is 10.1. The highest BCUT2D eigenvalue weighted by Crippen LogP contribution is 2.28. The summed E-state index contributed by atoms with van der Waals surface area (Å²) in [5.41, 5.74) is 9.47. The molecular weight excluding hydrogens is 815 g/mol. The van der Waals surface area contributed by atoms with Crippen LogP contribution in [-0.4, -0.2) is 76.1 Å². The van der Waals surface area contributed by atoms with E-state index in [1.807, 2.05) is 51.1 Å². The van der Waals surface area contributed by atoms with Crippen molar-refractivity contribution in [2.45, 2.75) is 65.0 Å². The van der Waals surface area contributed by atoms with Gasteiger partial charge in [-0.3, -0.25) is 15.0 Å². The number of benzene rings is 5. The topological polar surface area (TPSA) is 191 Å². The number of hydrogen-bond acceptors (Lipinski definition) is 10. The van der Waals surface area contributed by atoms with Gasteiger partial charge in [0.05, 0.1) is 30.3 Å². The maximum atomic E-state index is 14.5. The van der Waals surface area contributed by atoms with E-state index >= 15 is 0 Å². The lowest BCUT2D eigenvalue weighted by Gasteiger charge is -2.33. The van der Waals surface area contributed by atoms with Gasteiger partial charge in [-0.05, 0) is 117 Å². The molecule has 0 bridgehead atoms. The van der Waals surface area contributed by atoms with Crippen LogP contribution in [0.2, 0.25) is 0 Å². The van der Waals surface area contributed by atoms with Gasteiger partial charge in [0.25, 0.3) is 5.91 Å². The number of methoxy groups -OCH3 is 1. The minimum absolute atomic E-state index is 0.0776. The number of anilines is 2. The predicted molar refractivity (Wildman–Crippen MR) is 243 cm³/mol. The summed E-state index contributed by atoms with van der Waals surface area (Å²) in [5, 5.41) is 11.0. The molecule has 3 amide bonds. The molecule has 15 heteroatoms. The van der Waals surface area contributed by atoms with Crippen molar-refractivity contribution in [2.24, 2.45) is 5.73 Å². The zero-order valence-corrected chi connectivity index (χ0v) is 36.2.